The number of anilines is 1. The summed E-state index contributed by atoms with van der Waals surface area (Å²) in [5, 5.41) is 5.48. The van der Waals surface area contributed by atoms with Gasteiger partial charge in [0.05, 0.1) is 11.9 Å². The van der Waals surface area contributed by atoms with Gasteiger partial charge in [0.1, 0.15) is 5.75 Å². The zero-order valence-corrected chi connectivity index (χ0v) is 13.8. The Morgan fingerprint density at radius 3 is 2.60 bits per heavy atom. The first-order valence-corrected chi connectivity index (χ1v) is 7.83. The number of hydrogen-bond donors (Lipinski definition) is 2. The summed E-state index contributed by atoms with van der Waals surface area (Å²) in [7, 11) is 0. The second-order valence-electron chi connectivity index (χ2n) is 5.47. The Kier molecular flexibility index (Phi) is 5.21. The van der Waals surface area contributed by atoms with Crippen LogP contribution in [0.3, 0.4) is 0 Å². The first-order chi connectivity index (χ1) is 12.2. The summed E-state index contributed by atoms with van der Waals surface area (Å²) in [4.78, 5) is 20.1. The molecule has 0 fully saturated rings. The highest BCUT2D eigenvalue weighted by molar-refractivity contribution is 5.88. The van der Waals surface area contributed by atoms with E-state index >= 15 is 0 Å². The maximum atomic E-state index is 11.9. The molecular formula is C19H18N4O2. The molecule has 25 heavy (non-hydrogen) atoms. The van der Waals surface area contributed by atoms with Gasteiger partial charge in [0.2, 0.25) is 5.88 Å². The minimum Gasteiger partial charge on any atom is -0.439 e. The Labute approximate surface area is 145 Å². The van der Waals surface area contributed by atoms with Gasteiger partial charge in [-0.3, -0.25) is 4.98 Å². The van der Waals surface area contributed by atoms with Gasteiger partial charge >= 0.3 is 6.03 Å². The van der Waals surface area contributed by atoms with Crippen LogP contribution in [0.4, 0.5) is 10.5 Å². The highest BCUT2D eigenvalue weighted by Gasteiger charge is 2.04. The molecule has 0 saturated carbocycles. The van der Waals surface area contributed by atoms with E-state index in [0.29, 0.717) is 23.9 Å². The molecule has 3 aromatic rings. The second kappa shape index (κ2) is 7.92. The van der Waals surface area contributed by atoms with Crippen LogP contribution in [0.25, 0.3) is 0 Å². The molecule has 3 rings (SSSR count). The van der Waals surface area contributed by atoms with E-state index in [4.69, 9.17) is 4.74 Å². The molecule has 0 aliphatic carbocycles. The van der Waals surface area contributed by atoms with Crippen molar-refractivity contribution in [3.05, 3.63) is 78.2 Å². The lowest BCUT2D eigenvalue weighted by Gasteiger charge is -2.08. The lowest BCUT2D eigenvalue weighted by molar-refractivity contribution is 0.251. The smallest absolute Gasteiger partial charge is 0.319 e. The van der Waals surface area contributed by atoms with Gasteiger partial charge in [0.15, 0.2) is 0 Å². The minimum atomic E-state index is -0.308. The van der Waals surface area contributed by atoms with Crippen molar-refractivity contribution in [2.45, 2.75) is 13.5 Å². The predicted molar refractivity (Wildman–Crippen MR) is 95.6 cm³/mol. The first-order valence-electron chi connectivity index (χ1n) is 7.83. The molecule has 0 unspecified atom stereocenters. The van der Waals surface area contributed by atoms with E-state index in [1.807, 2.05) is 43.3 Å². The SMILES string of the molecule is Cc1ccc(Oc2ccc(NC(=O)NCc3cccnc3)cn2)cc1. The number of pyridine rings is 2. The molecule has 6 heteroatoms. The molecule has 6 nitrogen and oxygen atoms in total. The average molecular weight is 334 g/mol. The van der Waals surface area contributed by atoms with Gasteiger partial charge < -0.3 is 15.4 Å². The number of nitrogens with zero attached hydrogens (tertiary/aromatic N) is 2. The third kappa shape index (κ3) is 5.04. The van der Waals surface area contributed by atoms with Crippen LogP contribution in [0.15, 0.2) is 67.1 Å². The molecule has 0 aliphatic heterocycles. The fourth-order valence-electron chi connectivity index (χ4n) is 2.10. The van der Waals surface area contributed by atoms with Gasteiger partial charge in [-0.25, -0.2) is 9.78 Å². The maximum absolute atomic E-state index is 11.9. The van der Waals surface area contributed by atoms with Crippen LogP contribution in [0, 0.1) is 6.92 Å². The highest BCUT2D eigenvalue weighted by Crippen LogP contribution is 2.20. The standard InChI is InChI=1S/C19H18N4O2/c1-14-4-7-17(8-5-14)25-18-9-6-16(13-21-18)23-19(24)22-12-15-3-2-10-20-11-15/h2-11,13H,12H2,1H3,(H2,22,23,24). The first kappa shape index (κ1) is 16.4. The molecule has 2 N–H and O–H groups in total. The molecule has 0 saturated heterocycles. The fourth-order valence-corrected chi connectivity index (χ4v) is 2.10. The zero-order valence-electron chi connectivity index (χ0n) is 13.8. The lowest BCUT2D eigenvalue weighted by atomic mass is 10.2. The summed E-state index contributed by atoms with van der Waals surface area (Å²) < 4.78 is 5.65. The quantitative estimate of drug-likeness (QED) is 0.742. The molecule has 2 heterocycles. The van der Waals surface area contributed by atoms with E-state index in [1.54, 1.807) is 30.7 Å². The topological polar surface area (TPSA) is 76.1 Å². The van der Waals surface area contributed by atoms with Crippen LogP contribution in [0.1, 0.15) is 11.1 Å². The number of aromatic nitrogens is 2. The van der Waals surface area contributed by atoms with Crippen LogP contribution >= 0.6 is 0 Å². The van der Waals surface area contributed by atoms with E-state index in [9.17, 15) is 4.79 Å². The van der Waals surface area contributed by atoms with Gasteiger partial charge in [-0.2, -0.15) is 0 Å². The average Bonchev–Trinajstić information content (AvgIpc) is 2.64. The summed E-state index contributed by atoms with van der Waals surface area (Å²) in [6.07, 6.45) is 4.95. The lowest BCUT2D eigenvalue weighted by Crippen LogP contribution is -2.28. The predicted octanol–water partition coefficient (Wildman–Crippen LogP) is 3.90. The Hall–Kier alpha value is -3.41. The van der Waals surface area contributed by atoms with Crippen molar-refractivity contribution in [1.29, 1.82) is 0 Å². The summed E-state index contributed by atoms with van der Waals surface area (Å²) >= 11 is 0. The van der Waals surface area contributed by atoms with Crippen LogP contribution in [0.2, 0.25) is 0 Å². The van der Waals surface area contributed by atoms with E-state index in [0.717, 1.165) is 11.1 Å². The van der Waals surface area contributed by atoms with Crippen molar-refractivity contribution >= 4 is 11.7 Å². The Morgan fingerprint density at radius 1 is 1.08 bits per heavy atom. The monoisotopic (exact) mass is 334 g/mol. The largest absolute Gasteiger partial charge is 0.439 e. The number of amides is 2. The van der Waals surface area contributed by atoms with E-state index in [-0.39, 0.29) is 6.03 Å². The molecule has 0 spiro atoms. The Morgan fingerprint density at radius 2 is 1.92 bits per heavy atom. The molecule has 126 valence electrons. The Bertz CT molecular complexity index is 818. The van der Waals surface area contributed by atoms with Gasteiger partial charge in [0.25, 0.3) is 0 Å². The van der Waals surface area contributed by atoms with Gasteiger partial charge in [-0.05, 0) is 36.8 Å². The summed E-state index contributed by atoms with van der Waals surface area (Å²) in [6, 6.07) is 14.6. The number of nitrogens with one attached hydrogen (secondary N) is 2. The number of urea groups is 1. The number of ether oxygens (including phenoxy) is 1. The van der Waals surface area contributed by atoms with Crippen LogP contribution in [-0.4, -0.2) is 16.0 Å². The van der Waals surface area contributed by atoms with Crippen LogP contribution < -0.4 is 15.4 Å². The van der Waals surface area contributed by atoms with Gasteiger partial charge in [-0.15, -0.1) is 0 Å². The van der Waals surface area contributed by atoms with Crippen molar-refractivity contribution in [1.82, 2.24) is 15.3 Å². The maximum Gasteiger partial charge on any atom is 0.319 e. The third-order valence-electron chi connectivity index (χ3n) is 3.41. The molecule has 1 aromatic carbocycles. The molecule has 2 amide bonds. The van der Waals surface area contributed by atoms with E-state index in [1.165, 1.54) is 0 Å². The molecule has 0 radical (unpaired) electrons. The number of hydrogen-bond acceptors (Lipinski definition) is 4. The van der Waals surface area contributed by atoms with Crippen molar-refractivity contribution in [3.63, 3.8) is 0 Å². The van der Waals surface area contributed by atoms with E-state index < -0.39 is 0 Å². The Balaban J connectivity index is 1.51. The van der Waals surface area contributed by atoms with Crippen molar-refractivity contribution in [2.24, 2.45) is 0 Å². The number of rotatable bonds is 5. The number of aryl methyl sites for hydroxylation is 1. The molecule has 0 bridgehead atoms. The van der Waals surface area contributed by atoms with Gasteiger partial charge in [0, 0.05) is 25.0 Å². The fraction of sp³-hybridized carbons (Fsp3) is 0.105. The van der Waals surface area contributed by atoms with Crippen molar-refractivity contribution in [2.75, 3.05) is 5.32 Å². The van der Waals surface area contributed by atoms with Crippen LogP contribution in [-0.2, 0) is 6.54 Å². The highest BCUT2D eigenvalue weighted by atomic mass is 16.5. The van der Waals surface area contributed by atoms with E-state index in [2.05, 4.69) is 20.6 Å². The second-order valence-corrected chi connectivity index (χ2v) is 5.47. The number of carbonyl (C=O) groups excluding carboxylic acids is 1. The zero-order chi connectivity index (χ0) is 17.5. The molecule has 2 aromatic heterocycles. The number of carbonyl (C=O) groups is 1. The van der Waals surface area contributed by atoms with Crippen molar-refractivity contribution in [3.8, 4) is 11.6 Å². The van der Waals surface area contributed by atoms with Crippen LogP contribution in [0.5, 0.6) is 11.6 Å². The normalized spacial score (nSPS) is 10.1. The third-order valence-corrected chi connectivity index (χ3v) is 3.41. The number of benzene rings is 1. The minimum absolute atomic E-state index is 0.308. The molecule has 0 atom stereocenters. The van der Waals surface area contributed by atoms with Crippen molar-refractivity contribution < 1.29 is 9.53 Å². The molecular weight excluding hydrogens is 316 g/mol. The summed E-state index contributed by atoms with van der Waals surface area (Å²) in [5.74, 6) is 1.18. The van der Waals surface area contributed by atoms with Gasteiger partial charge in [-0.1, -0.05) is 23.8 Å². The summed E-state index contributed by atoms with van der Waals surface area (Å²) in [6.45, 7) is 2.42. The summed E-state index contributed by atoms with van der Waals surface area (Å²) in [5.41, 5.74) is 2.68. The molecule has 0 aliphatic rings.